The summed E-state index contributed by atoms with van der Waals surface area (Å²) in [4.78, 5) is 0. The second-order valence-corrected chi connectivity index (χ2v) is 5.92. The van der Waals surface area contributed by atoms with Gasteiger partial charge in [-0.1, -0.05) is 6.92 Å². The van der Waals surface area contributed by atoms with E-state index >= 15 is 0 Å². The number of aliphatic hydroxyl groups excluding tert-OH is 1. The van der Waals surface area contributed by atoms with E-state index in [0.717, 1.165) is 37.2 Å². The van der Waals surface area contributed by atoms with Crippen molar-refractivity contribution in [3.05, 3.63) is 18.0 Å². The lowest BCUT2D eigenvalue weighted by atomic mass is 9.75. The SMILES string of the molecule is CCOC1(C(O)Cc2cnn(C)c2)CCC(C)CC1. The van der Waals surface area contributed by atoms with E-state index < -0.39 is 6.10 Å². The molecule has 1 aliphatic carbocycles. The minimum atomic E-state index is -0.441. The Morgan fingerprint density at radius 2 is 2.21 bits per heavy atom. The number of ether oxygens (including phenoxy) is 1. The fraction of sp³-hybridized carbons (Fsp3) is 0.800. The summed E-state index contributed by atoms with van der Waals surface area (Å²) in [7, 11) is 1.90. The van der Waals surface area contributed by atoms with E-state index in [0.29, 0.717) is 13.0 Å². The molecule has 0 spiro atoms. The van der Waals surface area contributed by atoms with E-state index in [9.17, 15) is 5.11 Å². The van der Waals surface area contributed by atoms with Crippen molar-refractivity contribution in [3.8, 4) is 0 Å². The fourth-order valence-corrected chi connectivity index (χ4v) is 3.10. The first-order valence-corrected chi connectivity index (χ1v) is 7.35. The maximum atomic E-state index is 10.6. The van der Waals surface area contributed by atoms with Gasteiger partial charge in [-0.05, 0) is 44.1 Å². The molecule has 19 heavy (non-hydrogen) atoms. The molecule has 0 radical (unpaired) electrons. The molecule has 1 aromatic heterocycles. The van der Waals surface area contributed by atoms with E-state index in [1.807, 2.05) is 26.4 Å². The van der Waals surface area contributed by atoms with Crippen molar-refractivity contribution in [2.45, 2.75) is 57.7 Å². The van der Waals surface area contributed by atoms with Gasteiger partial charge < -0.3 is 9.84 Å². The molecule has 1 atom stereocenters. The molecule has 1 unspecified atom stereocenters. The number of aliphatic hydroxyl groups is 1. The van der Waals surface area contributed by atoms with E-state index in [2.05, 4.69) is 12.0 Å². The van der Waals surface area contributed by atoms with Crippen LogP contribution >= 0.6 is 0 Å². The van der Waals surface area contributed by atoms with Crippen molar-refractivity contribution in [2.75, 3.05) is 6.61 Å². The average Bonchev–Trinajstić information content (AvgIpc) is 2.78. The third kappa shape index (κ3) is 3.37. The van der Waals surface area contributed by atoms with Gasteiger partial charge in [-0.2, -0.15) is 5.10 Å². The van der Waals surface area contributed by atoms with Crippen molar-refractivity contribution in [2.24, 2.45) is 13.0 Å². The van der Waals surface area contributed by atoms with Gasteiger partial charge >= 0.3 is 0 Å². The van der Waals surface area contributed by atoms with Gasteiger partial charge in [0, 0.05) is 26.3 Å². The summed E-state index contributed by atoms with van der Waals surface area (Å²) in [5.41, 5.74) is 0.726. The van der Waals surface area contributed by atoms with Gasteiger partial charge in [-0.25, -0.2) is 0 Å². The second kappa shape index (κ2) is 6.06. The molecule has 0 aromatic carbocycles. The molecule has 2 rings (SSSR count). The van der Waals surface area contributed by atoms with Crippen LogP contribution in [-0.2, 0) is 18.2 Å². The Balaban J connectivity index is 2.05. The summed E-state index contributed by atoms with van der Waals surface area (Å²) in [5, 5.41) is 14.8. The molecule has 1 aliphatic rings. The van der Waals surface area contributed by atoms with Gasteiger partial charge in [0.2, 0.25) is 0 Å². The van der Waals surface area contributed by atoms with Crippen LogP contribution in [0.4, 0.5) is 0 Å². The number of rotatable bonds is 5. The highest BCUT2D eigenvalue weighted by Gasteiger charge is 2.41. The number of aromatic nitrogens is 2. The molecule has 1 N–H and O–H groups in total. The summed E-state index contributed by atoms with van der Waals surface area (Å²) in [5.74, 6) is 0.749. The van der Waals surface area contributed by atoms with Crippen LogP contribution in [0.15, 0.2) is 12.4 Å². The largest absolute Gasteiger partial charge is 0.390 e. The van der Waals surface area contributed by atoms with Crippen molar-refractivity contribution in [1.82, 2.24) is 9.78 Å². The maximum absolute atomic E-state index is 10.6. The van der Waals surface area contributed by atoms with Crippen LogP contribution in [0.5, 0.6) is 0 Å². The molecule has 0 aliphatic heterocycles. The lowest BCUT2D eigenvalue weighted by Gasteiger charge is -2.42. The molecule has 1 aromatic rings. The van der Waals surface area contributed by atoms with E-state index in [1.54, 1.807) is 4.68 Å². The molecule has 1 saturated carbocycles. The van der Waals surface area contributed by atoms with Crippen molar-refractivity contribution in [1.29, 1.82) is 0 Å². The van der Waals surface area contributed by atoms with E-state index in [4.69, 9.17) is 4.74 Å². The first-order chi connectivity index (χ1) is 9.05. The van der Waals surface area contributed by atoms with Crippen LogP contribution in [0.1, 0.15) is 45.1 Å². The topological polar surface area (TPSA) is 47.3 Å². The number of hydrogen-bond acceptors (Lipinski definition) is 3. The van der Waals surface area contributed by atoms with Crippen LogP contribution < -0.4 is 0 Å². The van der Waals surface area contributed by atoms with Crippen molar-refractivity contribution in [3.63, 3.8) is 0 Å². The molecule has 108 valence electrons. The molecule has 0 bridgehead atoms. The molecule has 0 saturated heterocycles. The van der Waals surface area contributed by atoms with Gasteiger partial charge in [0.25, 0.3) is 0 Å². The van der Waals surface area contributed by atoms with Gasteiger partial charge in [-0.3, -0.25) is 4.68 Å². The summed E-state index contributed by atoms with van der Waals surface area (Å²) >= 11 is 0. The highest BCUT2D eigenvalue weighted by molar-refractivity contribution is 5.08. The number of nitrogens with zero attached hydrogens (tertiary/aromatic N) is 2. The average molecular weight is 266 g/mol. The third-order valence-electron chi connectivity index (χ3n) is 4.35. The quantitative estimate of drug-likeness (QED) is 0.889. The first-order valence-electron chi connectivity index (χ1n) is 7.35. The first kappa shape index (κ1) is 14.5. The minimum absolute atomic E-state index is 0.350. The molecule has 4 heteroatoms. The van der Waals surface area contributed by atoms with Crippen LogP contribution in [0.25, 0.3) is 0 Å². The zero-order valence-corrected chi connectivity index (χ0v) is 12.3. The Labute approximate surface area is 115 Å². The lowest BCUT2D eigenvalue weighted by molar-refractivity contribution is -0.143. The Morgan fingerprint density at radius 1 is 1.53 bits per heavy atom. The fourth-order valence-electron chi connectivity index (χ4n) is 3.10. The van der Waals surface area contributed by atoms with Gasteiger partial charge in [0.1, 0.15) is 0 Å². The summed E-state index contributed by atoms with van der Waals surface area (Å²) in [6.45, 7) is 4.96. The minimum Gasteiger partial charge on any atom is -0.390 e. The van der Waals surface area contributed by atoms with Crippen LogP contribution in [0, 0.1) is 5.92 Å². The smallest absolute Gasteiger partial charge is 0.0943 e. The van der Waals surface area contributed by atoms with Crippen molar-refractivity contribution >= 4 is 0 Å². The van der Waals surface area contributed by atoms with Crippen LogP contribution in [-0.4, -0.2) is 33.2 Å². The standard InChI is InChI=1S/C15H26N2O2/c1-4-19-15(7-5-12(2)6-8-15)14(18)9-13-10-16-17(3)11-13/h10-12,14,18H,4-9H2,1-3H3. The molecule has 0 amide bonds. The van der Waals surface area contributed by atoms with Crippen LogP contribution in [0.3, 0.4) is 0 Å². The molecule has 1 heterocycles. The Hall–Kier alpha value is -0.870. The normalized spacial score (nSPS) is 29.4. The summed E-state index contributed by atoms with van der Waals surface area (Å²) in [6, 6.07) is 0. The van der Waals surface area contributed by atoms with Gasteiger partial charge in [0.05, 0.1) is 17.9 Å². The Morgan fingerprint density at radius 3 is 2.74 bits per heavy atom. The van der Waals surface area contributed by atoms with Crippen molar-refractivity contribution < 1.29 is 9.84 Å². The summed E-state index contributed by atoms with van der Waals surface area (Å²) in [6.07, 6.45) is 8.19. The predicted octanol–water partition coefficient (Wildman–Crippen LogP) is 2.31. The molecule has 4 nitrogen and oxygen atoms in total. The molecular formula is C15H26N2O2. The molecule has 1 fully saturated rings. The highest BCUT2D eigenvalue weighted by atomic mass is 16.5. The monoisotopic (exact) mass is 266 g/mol. The maximum Gasteiger partial charge on any atom is 0.0943 e. The predicted molar refractivity (Wildman–Crippen MR) is 74.9 cm³/mol. The zero-order chi connectivity index (χ0) is 13.9. The van der Waals surface area contributed by atoms with Gasteiger partial charge in [0.15, 0.2) is 0 Å². The van der Waals surface area contributed by atoms with E-state index in [-0.39, 0.29) is 5.60 Å². The van der Waals surface area contributed by atoms with Gasteiger partial charge in [-0.15, -0.1) is 0 Å². The Bertz CT molecular complexity index is 395. The highest BCUT2D eigenvalue weighted by Crippen LogP contribution is 2.38. The molecular weight excluding hydrogens is 240 g/mol. The van der Waals surface area contributed by atoms with E-state index in [1.165, 1.54) is 0 Å². The number of hydrogen-bond donors (Lipinski definition) is 1. The zero-order valence-electron chi connectivity index (χ0n) is 12.3. The third-order valence-corrected chi connectivity index (χ3v) is 4.35. The van der Waals surface area contributed by atoms with Crippen LogP contribution in [0.2, 0.25) is 0 Å². The summed E-state index contributed by atoms with van der Waals surface area (Å²) < 4.78 is 7.76. The lowest BCUT2D eigenvalue weighted by Crippen LogP contribution is -2.48. The number of aryl methyl sites for hydroxylation is 1. The second-order valence-electron chi connectivity index (χ2n) is 5.92. The Kier molecular flexibility index (Phi) is 4.63.